The number of aliphatic carboxylic acids is 1. The first kappa shape index (κ1) is 67.8. The van der Waals surface area contributed by atoms with E-state index in [2.05, 4.69) is 16.0 Å². The predicted octanol–water partition coefficient (Wildman–Crippen LogP) is -14.5. The lowest BCUT2D eigenvalue weighted by Crippen LogP contribution is -2.71. The molecule has 6 rings (SSSR count). The molecule has 0 aromatic rings. The number of carbonyl (C=O) groups excluding carboxylic acids is 3. The largest absolute Gasteiger partial charge is 0.477 e. The molecule has 6 aliphatic heterocycles. The summed E-state index contributed by atoms with van der Waals surface area (Å²) in [5, 5.41) is 211. The number of carboxylic acids is 1. The molecule has 0 bridgehead atoms. The zero-order valence-electron chi connectivity index (χ0n) is 43.9. The number of carbonyl (C=O) groups is 4. The minimum atomic E-state index is -3.19. The van der Waals surface area contributed by atoms with Crippen molar-refractivity contribution in [3.8, 4) is 0 Å². The third-order valence-corrected chi connectivity index (χ3v) is 14.6. The number of carboxylic acid groups (broad SMARTS) is 1. The minimum absolute atomic E-state index is 0.825. The molecule has 3 amide bonds. The maximum atomic E-state index is 13.0. The molecule has 0 aliphatic carbocycles. The zero-order chi connectivity index (χ0) is 61.0. The molecule has 6 aliphatic rings. The second-order valence-corrected chi connectivity index (χ2v) is 20.4. The van der Waals surface area contributed by atoms with E-state index in [4.69, 9.17) is 52.1 Å². The first-order valence-corrected chi connectivity index (χ1v) is 25.7. The lowest BCUT2D eigenvalue weighted by atomic mass is 9.88. The molecule has 22 N–H and O–H groups in total. The van der Waals surface area contributed by atoms with Crippen LogP contribution < -0.4 is 16.0 Å². The van der Waals surface area contributed by atoms with Gasteiger partial charge in [0.05, 0.1) is 51.8 Å². The van der Waals surface area contributed by atoms with E-state index in [1.807, 2.05) is 0 Å². The highest BCUT2D eigenvalue weighted by molar-refractivity contribution is 5.77. The summed E-state index contributed by atoms with van der Waals surface area (Å²) in [4.78, 5) is 50.1. The Labute approximate surface area is 463 Å². The monoisotopic (exact) mass is 1200 g/mol. The minimum Gasteiger partial charge on any atom is -0.477 e. The van der Waals surface area contributed by atoms with Gasteiger partial charge in [0.2, 0.25) is 17.7 Å². The van der Waals surface area contributed by atoms with Crippen molar-refractivity contribution in [2.45, 2.75) is 217 Å². The third kappa shape index (κ3) is 14.7. The molecule has 0 aromatic carbocycles. The molecule has 6 saturated heterocycles. The summed E-state index contributed by atoms with van der Waals surface area (Å²) in [6.45, 7) is -3.23. The maximum Gasteiger partial charge on any atom is 0.364 e. The highest BCUT2D eigenvalue weighted by Crippen LogP contribution is 2.39. The van der Waals surface area contributed by atoms with E-state index >= 15 is 0 Å². The van der Waals surface area contributed by atoms with Gasteiger partial charge >= 0.3 is 5.97 Å². The van der Waals surface area contributed by atoms with Gasteiger partial charge in [-0.1, -0.05) is 0 Å². The summed E-state index contributed by atoms with van der Waals surface area (Å²) in [5.41, 5.74) is 0. The van der Waals surface area contributed by atoms with E-state index in [9.17, 15) is 116 Å². The average Bonchev–Trinajstić information content (AvgIpc) is 2.01. The molecule has 6 heterocycles. The van der Waals surface area contributed by atoms with Gasteiger partial charge in [0, 0.05) is 27.2 Å². The maximum absolute atomic E-state index is 13.0. The van der Waals surface area contributed by atoms with Crippen LogP contribution in [0, 0.1) is 0 Å². The summed E-state index contributed by atoms with van der Waals surface area (Å²) in [6.07, 6.45) is -55.2. The number of ether oxygens (including phenoxy) is 11. The van der Waals surface area contributed by atoms with Crippen molar-refractivity contribution in [1.82, 2.24) is 16.0 Å². The molecule has 0 radical (unpaired) electrons. The predicted molar refractivity (Wildman–Crippen MR) is 251 cm³/mol. The number of rotatable bonds is 22. The first-order chi connectivity index (χ1) is 38.6. The van der Waals surface area contributed by atoms with Gasteiger partial charge in [0.15, 0.2) is 31.5 Å². The van der Waals surface area contributed by atoms with Crippen LogP contribution in [0.25, 0.3) is 0 Å². The van der Waals surface area contributed by atoms with E-state index in [0.29, 0.717) is 0 Å². The Hall–Kier alpha value is -3.28. The summed E-state index contributed by atoms with van der Waals surface area (Å²) < 4.78 is 62.6. The van der Waals surface area contributed by atoms with Crippen LogP contribution in [0.1, 0.15) is 27.2 Å². The first-order valence-electron chi connectivity index (χ1n) is 25.7. The summed E-state index contributed by atoms with van der Waals surface area (Å²) in [6, 6.07) is -5.19. The van der Waals surface area contributed by atoms with Crippen molar-refractivity contribution < 1.29 is 168 Å². The quantitative estimate of drug-likeness (QED) is 0.0479. The Morgan fingerprint density at radius 3 is 1.46 bits per heavy atom. The number of aliphatic hydroxyl groups is 18. The molecule has 0 aromatic heterocycles. The van der Waals surface area contributed by atoms with Gasteiger partial charge in [-0.05, 0) is 0 Å². The highest BCUT2D eigenvalue weighted by Gasteiger charge is 2.61. The van der Waals surface area contributed by atoms with Gasteiger partial charge in [-0.15, -0.1) is 0 Å². The van der Waals surface area contributed by atoms with Crippen molar-refractivity contribution >= 4 is 23.7 Å². The van der Waals surface area contributed by atoms with Gasteiger partial charge < -0.3 is 165 Å². The van der Waals surface area contributed by atoms with Crippen LogP contribution in [0.5, 0.6) is 0 Å². The molecule has 0 spiro atoms. The van der Waals surface area contributed by atoms with Crippen LogP contribution in [0.15, 0.2) is 0 Å². The summed E-state index contributed by atoms with van der Waals surface area (Å²) in [5.74, 6) is -7.81. The van der Waals surface area contributed by atoms with Gasteiger partial charge in [0.1, 0.15) is 140 Å². The highest BCUT2D eigenvalue weighted by atomic mass is 16.8. The van der Waals surface area contributed by atoms with E-state index < -0.39 is 259 Å². The van der Waals surface area contributed by atoms with E-state index in [-0.39, 0.29) is 0 Å². The van der Waals surface area contributed by atoms with Gasteiger partial charge in [-0.25, -0.2) is 4.79 Å². The molecule has 6 fully saturated rings. The molecule has 1 unspecified atom stereocenters. The van der Waals surface area contributed by atoms with Crippen molar-refractivity contribution in [3.05, 3.63) is 0 Å². The SMILES string of the molecule is CC(=O)N[C@H]1[C@H](OC[C@H]2O[C@H](O[C@H]3[C@@H](O)[C@@H](CO)O[C@@H](O[C@H]4[C@H](O)[C@@H](O)C(O)O[C@@H]4CO)[C@@H]3O)[C@H](NC(C)=O)[C@@H](O)[C@H]2O)O[C@H](CO)[C@@H](O[C@@H]2O[C@H](CO)[C@H](O)[C@H](O[C@]3(C(=O)O)C[C@H](O)[C@@H](NC(C)=O)[C@H]([C@H](O)[C@H](O)CO)O3)[C@H]2O)[C@@H]1O. The Balaban J connectivity index is 1.21. The number of hydrogen-bond acceptors (Lipinski definition) is 33. The standard InChI is InChI=1S/C45H75N3O34/c1-11(54)46-21-14(57)4-45(44(70)71,81-36(21)24(59)15(58)5-49)82-38-27(62)17(7-51)75-43(33(38)68)78-34-19(9-53)76-40(23(29(34)64)48-13(3)56)72-10-20-25(60)28(63)22(47-12(2)55)41(77-20)80-37-26(61)16(6-50)74-42(32(37)67)79-35-18(8-52)73-39(69)31(66)30(35)65/h14-43,49-53,57-69H,4-10H2,1-3H3,(H,46,54)(H,47,55)(H,48,56)(H,70,71)/t14-,15+,16+,17+,18+,19+,20+,21+,22+,23+,24+,25-,26-,27-,28+,29+,30+,31+,32+,33+,34+,35+,36+,37-,38-,39?,40+,41+,42-,43-,45-/m0/s1. The van der Waals surface area contributed by atoms with Gasteiger partial charge in [-0.3, -0.25) is 14.4 Å². The molecular formula is C45H75N3O34. The fourth-order valence-electron chi connectivity index (χ4n) is 10.3. The fraction of sp³-hybridized carbons (Fsp3) is 0.911. The van der Waals surface area contributed by atoms with Gasteiger partial charge in [-0.2, -0.15) is 0 Å². The van der Waals surface area contributed by atoms with Crippen molar-refractivity contribution in [3.63, 3.8) is 0 Å². The Kier molecular flexibility index (Phi) is 23.9. The van der Waals surface area contributed by atoms with E-state index in [0.717, 1.165) is 20.8 Å². The van der Waals surface area contributed by atoms with Crippen LogP contribution in [0.2, 0.25) is 0 Å². The molecule has 474 valence electrons. The second-order valence-electron chi connectivity index (χ2n) is 20.4. The summed E-state index contributed by atoms with van der Waals surface area (Å²) in [7, 11) is 0. The number of hydrogen-bond donors (Lipinski definition) is 22. The lowest BCUT2D eigenvalue weighted by molar-refractivity contribution is -0.384. The van der Waals surface area contributed by atoms with Crippen LogP contribution >= 0.6 is 0 Å². The average molecular weight is 1200 g/mol. The Morgan fingerprint density at radius 2 is 0.951 bits per heavy atom. The van der Waals surface area contributed by atoms with Crippen LogP contribution in [-0.4, -0.2) is 350 Å². The number of aliphatic hydroxyl groups excluding tert-OH is 18. The molecule has 37 nitrogen and oxygen atoms in total. The Morgan fingerprint density at radius 1 is 0.500 bits per heavy atom. The smallest absolute Gasteiger partial charge is 0.364 e. The molecule has 82 heavy (non-hydrogen) atoms. The normalized spacial score (nSPS) is 46.3. The topological polar surface area (TPSA) is 590 Å². The van der Waals surface area contributed by atoms with Crippen LogP contribution in [0.3, 0.4) is 0 Å². The number of amides is 3. The van der Waals surface area contributed by atoms with Gasteiger partial charge in [0.25, 0.3) is 5.79 Å². The van der Waals surface area contributed by atoms with Crippen molar-refractivity contribution in [2.24, 2.45) is 0 Å². The lowest BCUT2D eigenvalue weighted by Gasteiger charge is -2.51. The number of nitrogens with one attached hydrogen (secondary N) is 3. The van der Waals surface area contributed by atoms with Crippen molar-refractivity contribution in [1.29, 1.82) is 0 Å². The molecule has 37 heteroatoms. The molecule has 0 saturated carbocycles. The second kappa shape index (κ2) is 28.9. The zero-order valence-corrected chi connectivity index (χ0v) is 43.9. The molecule has 31 atom stereocenters. The molecular weight excluding hydrogens is 1130 g/mol. The van der Waals surface area contributed by atoms with Crippen LogP contribution in [-0.2, 0) is 71.3 Å². The van der Waals surface area contributed by atoms with Crippen LogP contribution in [0.4, 0.5) is 0 Å². The fourth-order valence-corrected chi connectivity index (χ4v) is 10.3. The van der Waals surface area contributed by atoms with Crippen molar-refractivity contribution in [2.75, 3.05) is 39.6 Å². The Bertz CT molecular complexity index is 2090. The third-order valence-electron chi connectivity index (χ3n) is 14.6. The summed E-state index contributed by atoms with van der Waals surface area (Å²) >= 11 is 0. The van der Waals surface area contributed by atoms with E-state index in [1.165, 1.54) is 0 Å². The van der Waals surface area contributed by atoms with E-state index in [1.54, 1.807) is 0 Å².